The molecular formula is C19H17ClN2O2. The predicted octanol–water partition coefficient (Wildman–Crippen LogP) is 3.96. The lowest BCUT2D eigenvalue weighted by Gasteiger charge is -2.30. The number of rotatable bonds is 5. The molecule has 0 aliphatic carbocycles. The van der Waals surface area contributed by atoms with E-state index in [1.165, 1.54) is 0 Å². The lowest BCUT2D eigenvalue weighted by molar-refractivity contribution is -0.147. The molecule has 0 saturated heterocycles. The Morgan fingerprint density at radius 1 is 1.12 bits per heavy atom. The summed E-state index contributed by atoms with van der Waals surface area (Å²) in [4.78, 5) is 20.6. The molecule has 24 heavy (non-hydrogen) atoms. The summed E-state index contributed by atoms with van der Waals surface area (Å²) < 4.78 is 5.44. The molecular weight excluding hydrogens is 324 g/mol. The van der Waals surface area contributed by atoms with Crippen LogP contribution in [0.1, 0.15) is 23.9 Å². The number of halogens is 1. The summed E-state index contributed by atoms with van der Waals surface area (Å²) in [6, 6.07) is 16.7. The van der Waals surface area contributed by atoms with E-state index in [1.54, 1.807) is 31.5 Å². The number of imidazole rings is 1. The number of aromatic amines is 1. The molecule has 2 aromatic carbocycles. The highest BCUT2D eigenvalue weighted by Crippen LogP contribution is 2.39. The van der Waals surface area contributed by atoms with Crippen molar-refractivity contribution in [2.75, 3.05) is 6.61 Å². The molecule has 3 rings (SSSR count). The van der Waals surface area contributed by atoms with Crippen LogP contribution in [0.2, 0.25) is 5.02 Å². The summed E-state index contributed by atoms with van der Waals surface area (Å²) in [5.41, 5.74) is 0.345. The van der Waals surface area contributed by atoms with Gasteiger partial charge in [0.25, 0.3) is 0 Å². The van der Waals surface area contributed by atoms with Gasteiger partial charge in [-0.2, -0.15) is 0 Å². The zero-order chi connectivity index (χ0) is 17.0. The van der Waals surface area contributed by atoms with Gasteiger partial charge in [-0.15, -0.1) is 0 Å². The highest BCUT2D eigenvalue weighted by atomic mass is 35.5. The van der Waals surface area contributed by atoms with Gasteiger partial charge in [-0.25, -0.2) is 4.98 Å². The molecule has 1 atom stereocenters. The topological polar surface area (TPSA) is 55.0 Å². The molecule has 1 heterocycles. The highest BCUT2D eigenvalue weighted by molar-refractivity contribution is 6.30. The first-order chi connectivity index (χ1) is 11.7. The minimum Gasteiger partial charge on any atom is -0.465 e. The normalized spacial score (nSPS) is 13.2. The molecule has 1 unspecified atom stereocenters. The molecule has 0 aliphatic rings. The maximum Gasteiger partial charge on any atom is 0.328 e. The molecule has 0 amide bonds. The van der Waals surface area contributed by atoms with Crippen molar-refractivity contribution >= 4 is 17.6 Å². The lowest BCUT2D eigenvalue weighted by Crippen LogP contribution is -2.41. The SMILES string of the molecule is CCOC(=O)C(c1ccccc1)(c1ccc(Cl)cc1)c1ncc[nH]1. The van der Waals surface area contributed by atoms with Crippen molar-refractivity contribution in [3.05, 3.63) is 89.0 Å². The van der Waals surface area contributed by atoms with Crippen LogP contribution in [-0.4, -0.2) is 22.5 Å². The van der Waals surface area contributed by atoms with Crippen LogP contribution in [0.4, 0.5) is 0 Å². The molecule has 0 bridgehead atoms. The molecule has 122 valence electrons. The van der Waals surface area contributed by atoms with E-state index in [9.17, 15) is 4.79 Å². The fourth-order valence-corrected chi connectivity index (χ4v) is 3.00. The first kappa shape index (κ1) is 16.3. The van der Waals surface area contributed by atoms with Crippen molar-refractivity contribution in [2.45, 2.75) is 12.3 Å². The van der Waals surface area contributed by atoms with Crippen LogP contribution < -0.4 is 0 Å². The van der Waals surface area contributed by atoms with Crippen LogP contribution in [0.3, 0.4) is 0 Å². The van der Waals surface area contributed by atoms with Crippen molar-refractivity contribution in [3.8, 4) is 0 Å². The molecule has 0 radical (unpaired) electrons. The average molecular weight is 341 g/mol. The monoisotopic (exact) mass is 340 g/mol. The molecule has 0 spiro atoms. The Morgan fingerprint density at radius 2 is 1.79 bits per heavy atom. The molecule has 1 aromatic heterocycles. The van der Waals surface area contributed by atoms with Gasteiger partial charge in [0.15, 0.2) is 5.41 Å². The fourth-order valence-electron chi connectivity index (χ4n) is 2.87. The van der Waals surface area contributed by atoms with E-state index in [-0.39, 0.29) is 12.6 Å². The fraction of sp³-hybridized carbons (Fsp3) is 0.158. The second-order valence-corrected chi connectivity index (χ2v) is 5.72. The number of nitrogens with one attached hydrogen (secondary N) is 1. The van der Waals surface area contributed by atoms with Gasteiger partial charge in [0, 0.05) is 17.4 Å². The van der Waals surface area contributed by atoms with Gasteiger partial charge in [0.1, 0.15) is 5.82 Å². The van der Waals surface area contributed by atoms with Crippen LogP contribution in [0.5, 0.6) is 0 Å². The number of aromatic nitrogens is 2. The van der Waals surface area contributed by atoms with Gasteiger partial charge >= 0.3 is 5.97 Å². The Labute approximate surface area is 145 Å². The van der Waals surface area contributed by atoms with E-state index in [4.69, 9.17) is 16.3 Å². The van der Waals surface area contributed by atoms with Crippen molar-refractivity contribution < 1.29 is 9.53 Å². The number of hydrogen-bond acceptors (Lipinski definition) is 3. The zero-order valence-electron chi connectivity index (χ0n) is 13.2. The second-order valence-electron chi connectivity index (χ2n) is 5.28. The maximum atomic E-state index is 13.1. The molecule has 4 nitrogen and oxygen atoms in total. The van der Waals surface area contributed by atoms with Gasteiger partial charge in [-0.05, 0) is 30.2 Å². The third kappa shape index (κ3) is 2.69. The third-order valence-electron chi connectivity index (χ3n) is 3.92. The van der Waals surface area contributed by atoms with Crippen LogP contribution >= 0.6 is 11.6 Å². The Bertz CT molecular complexity index is 801. The van der Waals surface area contributed by atoms with Gasteiger partial charge in [0.05, 0.1) is 6.61 Å². The lowest BCUT2D eigenvalue weighted by atomic mass is 9.73. The van der Waals surface area contributed by atoms with E-state index in [1.807, 2.05) is 42.5 Å². The van der Waals surface area contributed by atoms with Crippen molar-refractivity contribution in [1.82, 2.24) is 9.97 Å². The summed E-state index contributed by atoms with van der Waals surface area (Å²) in [6.07, 6.45) is 3.32. The van der Waals surface area contributed by atoms with Gasteiger partial charge in [-0.3, -0.25) is 4.79 Å². The summed E-state index contributed by atoms with van der Waals surface area (Å²) in [6.45, 7) is 2.07. The number of benzene rings is 2. The Kier molecular flexibility index (Phi) is 4.67. The smallest absolute Gasteiger partial charge is 0.328 e. The number of carbonyl (C=O) groups excluding carboxylic acids is 1. The number of ether oxygens (including phenoxy) is 1. The van der Waals surface area contributed by atoms with E-state index < -0.39 is 5.41 Å². The first-order valence-corrected chi connectivity index (χ1v) is 8.06. The highest BCUT2D eigenvalue weighted by Gasteiger charge is 2.47. The van der Waals surface area contributed by atoms with Crippen molar-refractivity contribution in [3.63, 3.8) is 0 Å². The van der Waals surface area contributed by atoms with Crippen LogP contribution in [0.15, 0.2) is 67.0 Å². The predicted molar refractivity (Wildman–Crippen MR) is 93.0 cm³/mol. The number of hydrogen-bond donors (Lipinski definition) is 1. The minimum absolute atomic E-state index is 0.279. The molecule has 0 aliphatic heterocycles. The molecule has 1 N–H and O–H groups in total. The van der Waals surface area contributed by atoms with E-state index in [2.05, 4.69) is 9.97 Å². The maximum absolute atomic E-state index is 13.1. The van der Waals surface area contributed by atoms with E-state index in [0.29, 0.717) is 10.8 Å². The molecule has 5 heteroatoms. The standard InChI is InChI=1S/C19H17ClN2O2/c1-2-24-18(23)19(17-21-12-13-22-17,14-6-4-3-5-7-14)15-8-10-16(20)11-9-15/h3-13H,2H2,1H3,(H,21,22). The molecule has 3 aromatic rings. The van der Waals surface area contributed by atoms with Crippen molar-refractivity contribution in [2.24, 2.45) is 0 Å². The van der Waals surface area contributed by atoms with Crippen molar-refractivity contribution in [1.29, 1.82) is 0 Å². The number of H-pyrrole nitrogens is 1. The Hall–Kier alpha value is -2.59. The third-order valence-corrected chi connectivity index (χ3v) is 4.17. The van der Waals surface area contributed by atoms with E-state index >= 15 is 0 Å². The second kappa shape index (κ2) is 6.89. The van der Waals surface area contributed by atoms with Crippen LogP contribution in [-0.2, 0) is 14.9 Å². The summed E-state index contributed by atoms with van der Waals surface area (Å²) in [7, 11) is 0. The van der Waals surface area contributed by atoms with Gasteiger partial charge in [-0.1, -0.05) is 54.1 Å². The summed E-state index contributed by atoms with van der Waals surface area (Å²) >= 11 is 6.03. The number of nitrogens with zero attached hydrogens (tertiary/aromatic N) is 1. The Morgan fingerprint density at radius 3 is 2.38 bits per heavy atom. The molecule has 0 fully saturated rings. The number of carbonyl (C=O) groups is 1. The Balaban J connectivity index is 2.32. The van der Waals surface area contributed by atoms with Gasteiger partial charge < -0.3 is 9.72 Å². The zero-order valence-corrected chi connectivity index (χ0v) is 14.0. The van der Waals surface area contributed by atoms with Crippen LogP contribution in [0.25, 0.3) is 0 Å². The quantitative estimate of drug-likeness (QED) is 0.715. The van der Waals surface area contributed by atoms with Gasteiger partial charge in [0.2, 0.25) is 0 Å². The summed E-state index contributed by atoms with van der Waals surface area (Å²) in [5.74, 6) is 0.128. The first-order valence-electron chi connectivity index (χ1n) is 7.68. The summed E-state index contributed by atoms with van der Waals surface area (Å²) in [5, 5.41) is 0.601. The number of esters is 1. The minimum atomic E-state index is -1.18. The van der Waals surface area contributed by atoms with E-state index in [0.717, 1.165) is 11.1 Å². The van der Waals surface area contributed by atoms with Crippen LogP contribution in [0, 0.1) is 0 Å². The molecule has 0 saturated carbocycles. The average Bonchev–Trinajstić information content (AvgIpc) is 3.13. The largest absolute Gasteiger partial charge is 0.465 e.